The van der Waals surface area contributed by atoms with Crippen molar-refractivity contribution in [3.63, 3.8) is 0 Å². The van der Waals surface area contributed by atoms with Crippen molar-refractivity contribution < 1.29 is 65.9 Å². The van der Waals surface area contributed by atoms with Crippen LogP contribution in [0.1, 0.15) is 10.1 Å². The van der Waals surface area contributed by atoms with E-state index in [9.17, 15) is 56.7 Å². The highest BCUT2D eigenvalue weighted by Crippen LogP contribution is 2.46. The van der Waals surface area contributed by atoms with E-state index >= 15 is 0 Å². The minimum absolute atomic E-state index is 1.50. The second kappa shape index (κ2) is 7.35. The fourth-order valence-electron chi connectivity index (χ4n) is 1.30. The average molecular weight is 446 g/mol. The Morgan fingerprint density at radius 3 is 1.50 bits per heavy atom. The average Bonchev–Trinajstić information content (AvgIpc) is 2.47. The minimum Gasteiger partial charge on any atom is -0.218 e. The van der Waals surface area contributed by atoms with Crippen molar-refractivity contribution in [1.29, 1.82) is 0 Å². The zero-order chi connectivity index (χ0) is 20.7. The number of sulfone groups is 1. The van der Waals surface area contributed by atoms with Crippen LogP contribution >= 0.6 is 12.0 Å². The number of hydrogen-bond donors (Lipinski definition) is 0. The van der Waals surface area contributed by atoms with Gasteiger partial charge >= 0.3 is 11.9 Å². The highest BCUT2D eigenvalue weighted by Gasteiger charge is 2.55. The van der Waals surface area contributed by atoms with Crippen molar-refractivity contribution in [1.82, 2.24) is 0 Å². The van der Waals surface area contributed by atoms with Crippen LogP contribution in [-0.2, 0) is 19.1 Å². The third kappa shape index (κ3) is 4.49. The quantitative estimate of drug-likeness (QED) is 0.167. The predicted molar refractivity (Wildman–Crippen MR) is 59.8 cm³/mol. The summed E-state index contributed by atoms with van der Waals surface area (Å²) in [7, 11) is -6.85. The molecule has 17 heteroatoms. The summed E-state index contributed by atoms with van der Waals surface area (Å²) in [4.78, 5) is 2.48. The predicted octanol–water partition coefficient (Wildman–Crippen LogP) is 4.43. The topological polar surface area (TPSA) is 52.6 Å². The van der Waals surface area contributed by atoms with Gasteiger partial charge < -0.3 is 0 Å². The van der Waals surface area contributed by atoms with Gasteiger partial charge in [-0.1, -0.05) is 0 Å². The molecule has 0 aliphatic rings. The van der Waals surface area contributed by atoms with E-state index in [0.29, 0.717) is 0 Å². The molecular formula is C9HF11O4S2. The van der Waals surface area contributed by atoms with Gasteiger partial charge in [0.05, 0.1) is 17.6 Å². The molecule has 0 aliphatic carbocycles. The first-order valence-electron chi connectivity index (χ1n) is 5.41. The molecule has 0 aliphatic heterocycles. The van der Waals surface area contributed by atoms with E-state index in [0.717, 1.165) is 0 Å². The van der Waals surface area contributed by atoms with E-state index in [4.69, 9.17) is 0 Å². The zero-order valence-electron chi connectivity index (χ0n) is 11.2. The molecule has 0 heterocycles. The molecule has 0 spiro atoms. The first kappa shape index (κ1) is 22.7. The summed E-state index contributed by atoms with van der Waals surface area (Å²) in [5.41, 5.74) is -8.97. The van der Waals surface area contributed by atoms with Crippen molar-refractivity contribution in [2.75, 3.05) is 0 Å². The van der Waals surface area contributed by atoms with Crippen LogP contribution in [0, 0.1) is 29.1 Å². The lowest BCUT2D eigenvalue weighted by Crippen LogP contribution is -2.30. The standard InChI is InChI=1S/C9HF11O4S2/c10-2-1(3(11)5(13)6(14)4(2)12)7(25-24-23-8(15,16)17)26(21,22)9(18,19)20/h7H. The summed E-state index contributed by atoms with van der Waals surface area (Å²) in [5, 5.41) is 0. The van der Waals surface area contributed by atoms with Crippen LogP contribution in [0.5, 0.6) is 0 Å². The molecule has 0 saturated heterocycles. The Labute approximate surface area is 139 Å². The molecule has 1 atom stereocenters. The van der Waals surface area contributed by atoms with Crippen LogP contribution in [0.2, 0.25) is 0 Å². The number of halogens is 11. The van der Waals surface area contributed by atoms with Crippen molar-refractivity contribution in [2.45, 2.75) is 16.5 Å². The van der Waals surface area contributed by atoms with Gasteiger partial charge in [0.25, 0.3) is 9.84 Å². The van der Waals surface area contributed by atoms with Gasteiger partial charge in [-0.3, -0.25) is 0 Å². The normalized spacial score (nSPS) is 14.6. The zero-order valence-corrected chi connectivity index (χ0v) is 12.8. The van der Waals surface area contributed by atoms with Crippen molar-refractivity contribution >= 4 is 21.9 Å². The molecule has 0 radical (unpaired) electrons. The SMILES string of the molecule is O=S(=O)(C(SOOC(F)(F)F)c1c(F)c(F)c(F)c(F)c1F)C(F)(F)F. The fourth-order valence-corrected chi connectivity index (χ4v) is 3.39. The van der Waals surface area contributed by atoms with Crippen molar-refractivity contribution in [2.24, 2.45) is 0 Å². The Morgan fingerprint density at radius 1 is 0.769 bits per heavy atom. The monoisotopic (exact) mass is 446 g/mol. The van der Waals surface area contributed by atoms with E-state index in [1.165, 1.54) is 0 Å². The van der Waals surface area contributed by atoms with E-state index in [2.05, 4.69) is 9.22 Å². The Bertz CT molecular complexity index is 757. The maximum atomic E-state index is 13.5. The Balaban J connectivity index is 3.58. The Kier molecular flexibility index (Phi) is 6.42. The summed E-state index contributed by atoms with van der Waals surface area (Å²) in [6.07, 6.45) is -5.70. The molecule has 1 aromatic rings. The molecule has 4 nitrogen and oxygen atoms in total. The second-order valence-electron chi connectivity index (χ2n) is 4.00. The molecule has 0 N–H and O–H groups in total. The highest BCUT2D eigenvalue weighted by molar-refractivity contribution is 8.10. The fraction of sp³-hybridized carbons (Fsp3) is 0.333. The van der Waals surface area contributed by atoms with Crippen LogP contribution in [0.3, 0.4) is 0 Å². The van der Waals surface area contributed by atoms with Crippen LogP contribution in [0.25, 0.3) is 0 Å². The minimum atomic E-state index is -6.85. The molecule has 150 valence electrons. The second-order valence-corrected chi connectivity index (χ2v) is 7.12. The lowest BCUT2D eigenvalue weighted by atomic mass is 10.2. The van der Waals surface area contributed by atoms with Gasteiger partial charge in [-0.2, -0.15) is 17.5 Å². The molecular weight excluding hydrogens is 445 g/mol. The van der Waals surface area contributed by atoms with Crippen LogP contribution in [-0.4, -0.2) is 20.3 Å². The molecule has 0 saturated carbocycles. The van der Waals surface area contributed by atoms with Crippen LogP contribution in [0.15, 0.2) is 0 Å². The number of rotatable bonds is 5. The summed E-state index contributed by atoms with van der Waals surface area (Å²) in [6.45, 7) is 0. The molecule has 1 aromatic carbocycles. The first-order chi connectivity index (χ1) is 11.5. The Hall–Kier alpha value is -1.33. The van der Waals surface area contributed by atoms with Gasteiger partial charge in [-0.15, -0.1) is 18.1 Å². The van der Waals surface area contributed by atoms with Gasteiger partial charge in [-0.05, 0) is 0 Å². The number of hydrogen-bond acceptors (Lipinski definition) is 5. The van der Waals surface area contributed by atoms with Crippen molar-refractivity contribution in [3.05, 3.63) is 34.6 Å². The first-order valence-corrected chi connectivity index (χ1v) is 7.76. The number of alkyl halides is 6. The van der Waals surface area contributed by atoms with Crippen molar-refractivity contribution in [3.8, 4) is 0 Å². The van der Waals surface area contributed by atoms with Gasteiger partial charge in [0, 0.05) is 0 Å². The smallest absolute Gasteiger partial charge is 0.218 e. The Morgan fingerprint density at radius 2 is 1.15 bits per heavy atom. The van der Waals surface area contributed by atoms with Gasteiger partial charge in [0.15, 0.2) is 27.9 Å². The molecule has 26 heavy (non-hydrogen) atoms. The van der Waals surface area contributed by atoms with Gasteiger partial charge in [0.2, 0.25) is 5.82 Å². The molecule has 0 bridgehead atoms. The van der Waals surface area contributed by atoms with E-state index < -0.39 is 73.0 Å². The van der Waals surface area contributed by atoms with Crippen LogP contribution in [0.4, 0.5) is 48.3 Å². The molecule has 1 rings (SSSR count). The number of benzene rings is 1. The summed E-state index contributed by atoms with van der Waals surface area (Å²) in [6, 6.07) is 0. The largest absolute Gasteiger partial charge is 0.550 e. The van der Waals surface area contributed by atoms with Crippen LogP contribution < -0.4 is 0 Å². The summed E-state index contributed by atoms with van der Waals surface area (Å²) < 4.78 is 161. The third-order valence-electron chi connectivity index (χ3n) is 2.34. The summed E-state index contributed by atoms with van der Waals surface area (Å²) >= 11 is -1.50. The maximum Gasteiger partial charge on any atom is 0.550 e. The summed E-state index contributed by atoms with van der Waals surface area (Å²) in [5.74, 6) is -14.6. The molecule has 0 amide bonds. The van der Waals surface area contributed by atoms with E-state index in [-0.39, 0.29) is 0 Å². The molecule has 0 aromatic heterocycles. The van der Waals surface area contributed by atoms with Gasteiger partial charge in [0.1, 0.15) is 0 Å². The molecule has 0 fully saturated rings. The molecule has 1 unspecified atom stereocenters. The van der Waals surface area contributed by atoms with Gasteiger partial charge in [-0.25, -0.2) is 30.4 Å². The third-order valence-corrected chi connectivity index (χ3v) is 5.34. The van der Waals surface area contributed by atoms with E-state index in [1.54, 1.807) is 0 Å². The van der Waals surface area contributed by atoms with E-state index in [1.807, 2.05) is 0 Å². The lowest BCUT2D eigenvalue weighted by molar-refractivity contribution is -0.440. The highest BCUT2D eigenvalue weighted by atomic mass is 32.3. The lowest BCUT2D eigenvalue weighted by Gasteiger charge is -2.19. The maximum absolute atomic E-state index is 13.5.